The number of nitrogens with zero attached hydrogens (tertiary/aromatic N) is 3. The van der Waals surface area contributed by atoms with Gasteiger partial charge in [0.05, 0.1) is 0 Å². The Morgan fingerprint density at radius 1 is 1.44 bits per heavy atom. The maximum atomic E-state index is 6.08. The summed E-state index contributed by atoms with van der Waals surface area (Å²) in [6.07, 6.45) is 8.27. The molecule has 5 heteroatoms. The molecule has 1 aromatic rings. The van der Waals surface area contributed by atoms with Crippen LogP contribution in [0.5, 0.6) is 0 Å². The number of aromatic nitrogens is 2. The number of hydrogen-bond donors (Lipinski definition) is 0. The lowest BCUT2D eigenvalue weighted by atomic mass is 9.98. The molecule has 1 saturated heterocycles. The van der Waals surface area contributed by atoms with Crippen LogP contribution in [0.1, 0.15) is 39.0 Å². The normalized spacial score (nSPS) is 20.2. The zero-order valence-electron chi connectivity index (χ0n) is 11.0. The minimum Gasteiger partial charge on any atom is -0.353 e. The zero-order chi connectivity index (χ0) is 13.0. The van der Waals surface area contributed by atoms with Gasteiger partial charge in [-0.3, -0.25) is 0 Å². The van der Waals surface area contributed by atoms with Crippen LogP contribution >= 0.6 is 23.4 Å². The average Bonchev–Trinajstić information content (AvgIpc) is 2.39. The van der Waals surface area contributed by atoms with Crippen molar-refractivity contribution in [1.29, 1.82) is 0 Å². The number of halogens is 1. The minimum atomic E-state index is 0.546. The first-order chi connectivity index (χ1) is 8.74. The Hall–Kier alpha value is -0.480. The summed E-state index contributed by atoms with van der Waals surface area (Å²) >= 11 is 7.62. The van der Waals surface area contributed by atoms with Crippen LogP contribution < -0.4 is 4.90 Å². The fourth-order valence-corrected chi connectivity index (χ4v) is 3.16. The van der Waals surface area contributed by atoms with Crippen LogP contribution in [0.25, 0.3) is 0 Å². The second-order valence-electron chi connectivity index (χ2n) is 4.67. The summed E-state index contributed by atoms with van der Waals surface area (Å²) < 4.78 is 0. The van der Waals surface area contributed by atoms with Crippen LogP contribution in [-0.4, -0.2) is 28.8 Å². The number of anilines is 1. The van der Waals surface area contributed by atoms with Crippen molar-refractivity contribution < 1.29 is 0 Å². The first-order valence-electron chi connectivity index (χ1n) is 6.59. The zero-order valence-corrected chi connectivity index (χ0v) is 12.6. The highest BCUT2D eigenvalue weighted by molar-refractivity contribution is 7.98. The van der Waals surface area contributed by atoms with E-state index in [9.17, 15) is 0 Å². The molecule has 0 aromatic carbocycles. The molecule has 0 spiro atoms. The molecule has 1 aromatic heterocycles. The minimum absolute atomic E-state index is 0.546. The Bertz CT molecular complexity index is 398. The Kier molecular flexibility index (Phi) is 5.13. The van der Waals surface area contributed by atoms with Crippen molar-refractivity contribution in [2.75, 3.05) is 17.7 Å². The number of piperidine rings is 1. The second kappa shape index (κ2) is 6.62. The molecule has 0 aliphatic carbocycles. The lowest BCUT2D eigenvalue weighted by Crippen LogP contribution is -2.40. The van der Waals surface area contributed by atoms with Crippen LogP contribution in [0.15, 0.2) is 11.2 Å². The molecule has 1 unspecified atom stereocenters. The monoisotopic (exact) mass is 285 g/mol. The number of hydrogen-bond acceptors (Lipinski definition) is 4. The predicted octanol–water partition coefficient (Wildman–Crippen LogP) is 4.01. The molecule has 2 heterocycles. The lowest BCUT2D eigenvalue weighted by molar-refractivity contribution is 0.431. The van der Waals surface area contributed by atoms with Crippen molar-refractivity contribution in [2.24, 2.45) is 0 Å². The summed E-state index contributed by atoms with van der Waals surface area (Å²) in [5.74, 6) is 0.998. The Labute approximate surface area is 118 Å². The predicted molar refractivity (Wildman–Crippen MR) is 78.7 cm³/mol. The van der Waals surface area contributed by atoms with Crippen molar-refractivity contribution in [2.45, 2.75) is 50.2 Å². The first-order valence-corrected chi connectivity index (χ1v) is 8.20. The van der Waals surface area contributed by atoms with Gasteiger partial charge in [0.2, 0.25) is 0 Å². The van der Waals surface area contributed by atoms with Gasteiger partial charge in [0.15, 0.2) is 5.16 Å². The van der Waals surface area contributed by atoms with E-state index in [1.165, 1.54) is 32.1 Å². The third-order valence-corrected chi connectivity index (χ3v) is 4.13. The van der Waals surface area contributed by atoms with Crippen LogP contribution in [0.2, 0.25) is 5.15 Å². The molecule has 0 saturated carbocycles. The molecule has 0 N–H and O–H groups in total. The van der Waals surface area contributed by atoms with E-state index in [4.69, 9.17) is 11.6 Å². The molecular weight excluding hydrogens is 266 g/mol. The molecule has 3 nitrogen and oxygen atoms in total. The van der Waals surface area contributed by atoms with Crippen molar-refractivity contribution >= 4 is 29.2 Å². The molecule has 1 atom stereocenters. The number of rotatable bonds is 4. The summed E-state index contributed by atoms with van der Waals surface area (Å²) in [6, 6.07) is 2.51. The highest BCUT2D eigenvalue weighted by Crippen LogP contribution is 2.28. The van der Waals surface area contributed by atoms with E-state index in [1.807, 2.05) is 12.3 Å². The maximum Gasteiger partial charge on any atom is 0.190 e. The topological polar surface area (TPSA) is 29.0 Å². The van der Waals surface area contributed by atoms with Crippen LogP contribution in [0, 0.1) is 0 Å². The molecule has 1 aliphatic rings. The van der Waals surface area contributed by atoms with Gasteiger partial charge in [0.1, 0.15) is 11.0 Å². The first kappa shape index (κ1) is 13.9. The van der Waals surface area contributed by atoms with E-state index in [0.29, 0.717) is 11.2 Å². The Morgan fingerprint density at radius 2 is 2.28 bits per heavy atom. The van der Waals surface area contributed by atoms with E-state index in [1.54, 1.807) is 11.8 Å². The van der Waals surface area contributed by atoms with Gasteiger partial charge < -0.3 is 4.90 Å². The molecule has 1 aliphatic heterocycles. The van der Waals surface area contributed by atoms with Crippen molar-refractivity contribution in [1.82, 2.24) is 9.97 Å². The SMILES string of the molecule is CCCC1CCCCN1c1cc(Cl)nc(SC)n1. The van der Waals surface area contributed by atoms with E-state index >= 15 is 0 Å². The summed E-state index contributed by atoms with van der Waals surface area (Å²) in [6.45, 7) is 3.33. The second-order valence-corrected chi connectivity index (χ2v) is 5.83. The number of thioether (sulfide) groups is 1. The molecule has 0 radical (unpaired) electrons. The van der Waals surface area contributed by atoms with E-state index in [-0.39, 0.29) is 0 Å². The largest absolute Gasteiger partial charge is 0.353 e. The molecule has 18 heavy (non-hydrogen) atoms. The summed E-state index contributed by atoms with van der Waals surface area (Å²) in [5, 5.41) is 1.31. The Balaban J connectivity index is 2.24. The maximum absolute atomic E-state index is 6.08. The molecule has 100 valence electrons. The van der Waals surface area contributed by atoms with Crippen molar-refractivity contribution in [3.05, 3.63) is 11.2 Å². The van der Waals surface area contributed by atoms with E-state index < -0.39 is 0 Å². The van der Waals surface area contributed by atoms with Gasteiger partial charge in [0, 0.05) is 18.7 Å². The third kappa shape index (κ3) is 3.29. The average molecular weight is 286 g/mol. The standard InChI is InChI=1S/C13H20ClN3S/c1-3-6-10-7-4-5-8-17(10)12-9-11(14)15-13(16-12)18-2/h9-10H,3-8H2,1-2H3. The molecule has 2 rings (SSSR count). The van der Waals surface area contributed by atoms with Crippen molar-refractivity contribution in [3.8, 4) is 0 Å². The molecular formula is C13H20ClN3S. The van der Waals surface area contributed by atoms with E-state index in [2.05, 4.69) is 21.8 Å². The summed E-state index contributed by atoms with van der Waals surface area (Å²) in [7, 11) is 0. The van der Waals surface area contributed by atoms with Crippen LogP contribution in [0.3, 0.4) is 0 Å². The highest BCUT2D eigenvalue weighted by atomic mass is 35.5. The van der Waals surface area contributed by atoms with Crippen LogP contribution in [0.4, 0.5) is 5.82 Å². The fraction of sp³-hybridized carbons (Fsp3) is 0.692. The van der Waals surface area contributed by atoms with Gasteiger partial charge in [-0.1, -0.05) is 36.7 Å². The third-order valence-electron chi connectivity index (χ3n) is 3.39. The quantitative estimate of drug-likeness (QED) is 0.475. The molecule has 1 fully saturated rings. The summed E-state index contributed by atoms with van der Waals surface area (Å²) in [4.78, 5) is 11.2. The van der Waals surface area contributed by atoms with Gasteiger partial charge in [-0.15, -0.1) is 0 Å². The van der Waals surface area contributed by atoms with Gasteiger partial charge in [-0.2, -0.15) is 0 Å². The summed E-state index contributed by atoms with van der Waals surface area (Å²) in [5.41, 5.74) is 0. The lowest BCUT2D eigenvalue weighted by Gasteiger charge is -2.36. The van der Waals surface area contributed by atoms with Gasteiger partial charge in [0.25, 0.3) is 0 Å². The van der Waals surface area contributed by atoms with Crippen LogP contribution in [-0.2, 0) is 0 Å². The smallest absolute Gasteiger partial charge is 0.190 e. The van der Waals surface area contributed by atoms with Gasteiger partial charge in [-0.05, 0) is 31.9 Å². The Morgan fingerprint density at radius 3 is 3.00 bits per heavy atom. The highest BCUT2D eigenvalue weighted by Gasteiger charge is 2.23. The van der Waals surface area contributed by atoms with E-state index in [0.717, 1.165) is 17.5 Å². The fourth-order valence-electron chi connectivity index (χ4n) is 2.56. The van der Waals surface area contributed by atoms with Gasteiger partial charge in [-0.25, -0.2) is 9.97 Å². The molecule has 0 bridgehead atoms. The van der Waals surface area contributed by atoms with Crippen molar-refractivity contribution in [3.63, 3.8) is 0 Å². The van der Waals surface area contributed by atoms with Gasteiger partial charge >= 0.3 is 0 Å². The molecule has 0 amide bonds.